The Bertz CT molecular complexity index is 851. The summed E-state index contributed by atoms with van der Waals surface area (Å²) in [6, 6.07) is 11.9. The van der Waals surface area contributed by atoms with Crippen molar-refractivity contribution in [1.29, 1.82) is 0 Å². The molecular formula is C17H17N5O5. The molecule has 0 bridgehead atoms. The summed E-state index contributed by atoms with van der Waals surface area (Å²) >= 11 is 0. The zero-order valence-electron chi connectivity index (χ0n) is 14.3. The number of hydrogen-bond donors (Lipinski definition) is 3. The van der Waals surface area contributed by atoms with Crippen molar-refractivity contribution < 1.29 is 19.2 Å². The number of ether oxygens (including phenoxy) is 1. The summed E-state index contributed by atoms with van der Waals surface area (Å²) in [6.45, 7) is -0.297. The monoisotopic (exact) mass is 371 g/mol. The molecule has 0 aliphatic rings. The minimum atomic E-state index is -0.557. The lowest BCUT2D eigenvalue weighted by Crippen LogP contribution is -2.37. The minimum absolute atomic E-state index is 0.0813. The van der Waals surface area contributed by atoms with E-state index in [0.717, 1.165) is 0 Å². The lowest BCUT2D eigenvalue weighted by atomic mass is 10.2. The number of urea groups is 1. The molecule has 0 spiro atoms. The average molecular weight is 371 g/mol. The van der Waals surface area contributed by atoms with Gasteiger partial charge < -0.3 is 15.4 Å². The van der Waals surface area contributed by atoms with Gasteiger partial charge in [0.05, 0.1) is 18.2 Å². The molecule has 140 valence electrons. The van der Waals surface area contributed by atoms with Gasteiger partial charge in [-0.3, -0.25) is 14.9 Å². The number of hydrogen-bond acceptors (Lipinski definition) is 6. The number of carbonyl (C=O) groups is 2. The van der Waals surface area contributed by atoms with Crippen molar-refractivity contribution in [2.24, 2.45) is 5.10 Å². The SMILES string of the molecule is COc1ccc(NC(=O)NCC(=O)N/N=C\c2cccc([N+](=O)[O-])c2)cc1. The van der Waals surface area contributed by atoms with E-state index in [-0.39, 0.29) is 12.2 Å². The van der Waals surface area contributed by atoms with E-state index >= 15 is 0 Å². The van der Waals surface area contributed by atoms with Crippen LogP contribution in [0.25, 0.3) is 0 Å². The second-order valence-electron chi connectivity index (χ2n) is 5.18. The highest BCUT2D eigenvalue weighted by molar-refractivity contribution is 5.92. The smallest absolute Gasteiger partial charge is 0.319 e. The lowest BCUT2D eigenvalue weighted by molar-refractivity contribution is -0.384. The molecule has 0 heterocycles. The molecule has 10 nitrogen and oxygen atoms in total. The van der Waals surface area contributed by atoms with Gasteiger partial charge in [0.2, 0.25) is 0 Å². The molecule has 3 amide bonds. The van der Waals surface area contributed by atoms with Crippen LogP contribution in [0.4, 0.5) is 16.2 Å². The summed E-state index contributed by atoms with van der Waals surface area (Å²) in [5, 5.41) is 19.3. The van der Waals surface area contributed by atoms with Crippen LogP contribution in [0.15, 0.2) is 53.6 Å². The fourth-order valence-electron chi connectivity index (χ4n) is 1.95. The van der Waals surface area contributed by atoms with Crippen LogP contribution in [0.3, 0.4) is 0 Å². The first-order valence-electron chi connectivity index (χ1n) is 7.73. The molecule has 0 aromatic heterocycles. The first-order chi connectivity index (χ1) is 13.0. The van der Waals surface area contributed by atoms with Crippen molar-refractivity contribution >= 4 is 29.5 Å². The third-order valence-electron chi connectivity index (χ3n) is 3.24. The van der Waals surface area contributed by atoms with Crippen LogP contribution in [-0.4, -0.2) is 36.7 Å². The van der Waals surface area contributed by atoms with Gasteiger partial charge in [0.15, 0.2) is 0 Å². The normalized spacial score (nSPS) is 10.3. The van der Waals surface area contributed by atoms with Crippen LogP contribution in [0, 0.1) is 10.1 Å². The fraction of sp³-hybridized carbons (Fsp3) is 0.118. The molecular weight excluding hydrogens is 354 g/mol. The maximum absolute atomic E-state index is 11.7. The van der Waals surface area contributed by atoms with E-state index in [0.29, 0.717) is 17.0 Å². The van der Waals surface area contributed by atoms with Crippen LogP contribution in [0.2, 0.25) is 0 Å². The number of hydrazone groups is 1. The molecule has 0 aliphatic carbocycles. The molecule has 0 atom stereocenters. The molecule has 3 N–H and O–H groups in total. The molecule has 0 unspecified atom stereocenters. The van der Waals surface area contributed by atoms with Crippen molar-refractivity contribution in [3.8, 4) is 5.75 Å². The molecule has 2 rings (SSSR count). The summed E-state index contributed by atoms with van der Waals surface area (Å²) < 4.78 is 5.01. The fourth-order valence-corrected chi connectivity index (χ4v) is 1.95. The Hall–Kier alpha value is -3.95. The van der Waals surface area contributed by atoms with Crippen LogP contribution in [0.5, 0.6) is 5.75 Å². The molecule has 2 aromatic rings. The Kier molecular flexibility index (Phi) is 6.83. The first kappa shape index (κ1) is 19.4. The number of nitrogens with one attached hydrogen (secondary N) is 3. The maximum Gasteiger partial charge on any atom is 0.319 e. The zero-order chi connectivity index (χ0) is 19.6. The van der Waals surface area contributed by atoms with Crippen LogP contribution >= 0.6 is 0 Å². The molecule has 0 fully saturated rings. The third-order valence-corrected chi connectivity index (χ3v) is 3.24. The highest BCUT2D eigenvalue weighted by Crippen LogP contribution is 2.14. The Balaban J connectivity index is 1.75. The molecule has 0 saturated heterocycles. The van der Waals surface area contributed by atoms with Gasteiger partial charge in [0, 0.05) is 23.4 Å². The Morgan fingerprint density at radius 2 is 1.96 bits per heavy atom. The van der Waals surface area contributed by atoms with Crippen LogP contribution in [0.1, 0.15) is 5.56 Å². The Morgan fingerprint density at radius 3 is 2.63 bits per heavy atom. The average Bonchev–Trinajstić information content (AvgIpc) is 2.67. The van der Waals surface area contributed by atoms with E-state index < -0.39 is 16.9 Å². The molecule has 27 heavy (non-hydrogen) atoms. The number of amides is 3. The third kappa shape index (κ3) is 6.46. The summed E-state index contributed by atoms with van der Waals surface area (Å²) in [7, 11) is 1.54. The maximum atomic E-state index is 11.7. The highest BCUT2D eigenvalue weighted by atomic mass is 16.6. The minimum Gasteiger partial charge on any atom is -0.497 e. The van der Waals surface area contributed by atoms with E-state index in [1.165, 1.54) is 31.5 Å². The second kappa shape index (κ2) is 9.51. The van der Waals surface area contributed by atoms with Crippen molar-refractivity contribution in [2.45, 2.75) is 0 Å². The number of nitrogens with zero attached hydrogens (tertiary/aromatic N) is 2. The van der Waals surface area contributed by atoms with Crippen LogP contribution in [-0.2, 0) is 4.79 Å². The largest absolute Gasteiger partial charge is 0.497 e. The number of anilines is 1. The number of nitro benzene ring substituents is 1. The van der Waals surface area contributed by atoms with Gasteiger partial charge in [-0.15, -0.1) is 0 Å². The van der Waals surface area contributed by atoms with Gasteiger partial charge in [-0.1, -0.05) is 12.1 Å². The number of nitro groups is 1. The molecule has 0 saturated carbocycles. The van der Waals surface area contributed by atoms with Gasteiger partial charge in [0.1, 0.15) is 12.3 Å². The standard InChI is InChI=1S/C17H17N5O5/c1-27-15-7-5-13(6-8-15)20-17(24)18-11-16(23)21-19-10-12-3-2-4-14(9-12)22(25)26/h2-10H,11H2,1H3,(H,21,23)(H2,18,20,24)/b19-10-. The first-order valence-corrected chi connectivity index (χ1v) is 7.73. The van der Waals surface area contributed by atoms with Gasteiger partial charge in [-0.05, 0) is 24.3 Å². The van der Waals surface area contributed by atoms with Crippen molar-refractivity contribution in [1.82, 2.24) is 10.7 Å². The van der Waals surface area contributed by atoms with Crippen molar-refractivity contribution in [3.63, 3.8) is 0 Å². The molecule has 0 aliphatic heterocycles. The highest BCUT2D eigenvalue weighted by Gasteiger charge is 2.06. The van der Waals surface area contributed by atoms with Gasteiger partial charge in [-0.25, -0.2) is 10.2 Å². The van der Waals surface area contributed by atoms with Crippen LogP contribution < -0.4 is 20.8 Å². The Morgan fingerprint density at radius 1 is 1.22 bits per heavy atom. The second-order valence-corrected chi connectivity index (χ2v) is 5.18. The molecule has 10 heteroatoms. The van der Waals surface area contributed by atoms with E-state index in [1.54, 1.807) is 30.3 Å². The van der Waals surface area contributed by atoms with E-state index in [9.17, 15) is 19.7 Å². The van der Waals surface area contributed by atoms with Crippen molar-refractivity contribution in [2.75, 3.05) is 19.0 Å². The Labute approximate surface area is 154 Å². The quantitative estimate of drug-likeness (QED) is 0.388. The topological polar surface area (TPSA) is 135 Å². The zero-order valence-corrected chi connectivity index (χ0v) is 14.3. The summed E-state index contributed by atoms with van der Waals surface area (Å²) in [5.74, 6) is 0.100. The number of rotatable bonds is 7. The number of benzene rings is 2. The van der Waals surface area contributed by atoms with Gasteiger partial charge in [0.25, 0.3) is 11.6 Å². The van der Waals surface area contributed by atoms with E-state index in [2.05, 4.69) is 21.2 Å². The summed E-state index contributed by atoms with van der Waals surface area (Å²) in [4.78, 5) is 33.5. The lowest BCUT2D eigenvalue weighted by Gasteiger charge is -2.07. The summed E-state index contributed by atoms with van der Waals surface area (Å²) in [6.07, 6.45) is 1.27. The van der Waals surface area contributed by atoms with Crippen molar-refractivity contribution in [3.05, 3.63) is 64.2 Å². The van der Waals surface area contributed by atoms with E-state index in [4.69, 9.17) is 4.74 Å². The number of non-ortho nitro benzene ring substituents is 1. The number of carbonyl (C=O) groups excluding carboxylic acids is 2. The van der Waals surface area contributed by atoms with Gasteiger partial charge in [-0.2, -0.15) is 5.10 Å². The van der Waals surface area contributed by atoms with Gasteiger partial charge >= 0.3 is 6.03 Å². The predicted octanol–water partition coefficient (Wildman–Crippen LogP) is 1.88. The molecule has 2 aromatic carbocycles. The number of methoxy groups -OCH3 is 1. The predicted molar refractivity (Wildman–Crippen MR) is 98.8 cm³/mol. The van der Waals surface area contributed by atoms with E-state index in [1.807, 2.05) is 0 Å². The summed E-state index contributed by atoms with van der Waals surface area (Å²) in [5.41, 5.74) is 3.13. The molecule has 0 radical (unpaired) electrons.